The number of hydrogen-bond acceptors (Lipinski definition) is 7. The number of carbonyl (C=O) groups excluding carboxylic acids is 3. The van der Waals surface area contributed by atoms with Crippen LogP contribution in [0.25, 0.3) is 0 Å². The SMILES string of the molecule is CC1(C)OC(=O)C(N(C(=O)O)C(C=O)Cc2ccc(C(F)(F)F)nc2)C(=O)O1. The molecule has 0 radical (unpaired) electrons. The van der Waals surface area contributed by atoms with Crippen molar-refractivity contribution in [1.29, 1.82) is 0 Å². The Morgan fingerprint density at radius 1 is 1.32 bits per heavy atom. The molecule has 1 aromatic heterocycles. The summed E-state index contributed by atoms with van der Waals surface area (Å²) in [7, 11) is 0. The second-order valence-corrected chi connectivity index (χ2v) is 6.29. The standard InChI is InChI=1S/C16H15F3N2O7/c1-15(2)27-12(23)11(13(24)28-15)21(14(25)26)9(7-22)5-8-3-4-10(20-6-8)16(17,18)19/h3-4,6-7,9,11H,5H2,1-2H3,(H,25,26). The highest BCUT2D eigenvalue weighted by atomic mass is 19.4. The maximum Gasteiger partial charge on any atom is 0.433 e. The van der Waals surface area contributed by atoms with Gasteiger partial charge in [0, 0.05) is 26.5 Å². The molecule has 1 amide bonds. The lowest BCUT2D eigenvalue weighted by Crippen LogP contribution is -2.61. The highest BCUT2D eigenvalue weighted by molar-refractivity contribution is 6.03. The Kier molecular flexibility index (Phi) is 5.62. The van der Waals surface area contributed by atoms with Crippen LogP contribution in [0.2, 0.25) is 0 Å². The summed E-state index contributed by atoms with van der Waals surface area (Å²) in [6.45, 7) is 2.52. The predicted octanol–water partition coefficient (Wildman–Crippen LogP) is 1.40. The summed E-state index contributed by atoms with van der Waals surface area (Å²) >= 11 is 0. The number of nitrogens with zero attached hydrogens (tertiary/aromatic N) is 2. The fraction of sp³-hybridized carbons (Fsp3) is 0.438. The van der Waals surface area contributed by atoms with Crippen LogP contribution in [0.4, 0.5) is 18.0 Å². The Labute approximate surface area is 156 Å². The Balaban J connectivity index is 2.28. The highest BCUT2D eigenvalue weighted by Gasteiger charge is 2.50. The quantitative estimate of drug-likeness (QED) is 0.444. The average Bonchev–Trinajstić information content (AvgIpc) is 2.54. The van der Waals surface area contributed by atoms with Gasteiger partial charge in [-0.15, -0.1) is 0 Å². The van der Waals surface area contributed by atoms with Crippen molar-refractivity contribution in [3.05, 3.63) is 29.6 Å². The van der Waals surface area contributed by atoms with Crippen LogP contribution in [0, 0.1) is 0 Å². The van der Waals surface area contributed by atoms with Crippen LogP contribution in [0.15, 0.2) is 18.3 Å². The molecule has 1 N–H and O–H groups in total. The number of pyridine rings is 1. The number of amides is 1. The van der Waals surface area contributed by atoms with Gasteiger partial charge in [-0.1, -0.05) is 6.07 Å². The number of esters is 2. The lowest BCUT2D eigenvalue weighted by Gasteiger charge is -2.38. The van der Waals surface area contributed by atoms with E-state index in [0.29, 0.717) is 6.07 Å². The number of hydrogen-bond donors (Lipinski definition) is 1. The molecule has 1 aliphatic heterocycles. The van der Waals surface area contributed by atoms with E-state index in [1.165, 1.54) is 13.8 Å². The van der Waals surface area contributed by atoms with Gasteiger partial charge >= 0.3 is 24.2 Å². The summed E-state index contributed by atoms with van der Waals surface area (Å²) in [4.78, 5) is 50.7. The first-order valence-electron chi connectivity index (χ1n) is 7.80. The number of rotatable bonds is 5. The van der Waals surface area contributed by atoms with Crippen LogP contribution in [0.1, 0.15) is 25.1 Å². The molecule has 2 rings (SSSR count). The van der Waals surface area contributed by atoms with E-state index in [2.05, 4.69) is 4.98 Å². The lowest BCUT2D eigenvalue weighted by molar-refractivity contribution is -0.240. The largest absolute Gasteiger partial charge is 0.465 e. The highest BCUT2D eigenvalue weighted by Crippen LogP contribution is 2.28. The first-order chi connectivity index (χ1) is 12.9. The van der Waals surface area contributed by atoms with Gasteiger partial charge in [0.2, 0.25) is 6.04 Å². The maximum absolute atomic E-state index is 12.6. The number of alkyl halides is 3. The van der Waals surface area contributed by atoms with Crippen molar-refractivity contribution in [2.24, 2.45) is 0 Å². The van der Waals surface area contributed by atoms with Crippen molar-refractivity contribution < 1.29 is 46.9 Å². The van der Waals surface area contributed by atoms with E-state index in [9.17, 15) is 37.5 Å². The van der Waals surface area contributed by atoms with Crippen molar-refractivity contribution in [2.45, 2.75) is 44.3 Å². The molecule has 1 aromatic rings. The third-order valence-corrected chi connectivity index (χ3v) is 3.71. The second kappa shape index (κ2) is 7.44. The summed E-state index contributed by atoms with van der Waals surface area (Å²) in [6, 6.07) is -1.97. The molecule has 9 nitrogen and oxygen atoms in total. The third kappa shape index (κ3) is 4.56. The van der Waals surface area contributed by atoms with Crippen LogP contribution < -0.4 is 0 Å². The van der Waals surface area contributed by atoms with Crippen molar-refractivity contribution in [2.75, 3.05) is 0 Å². The van der Waals surface area contributed by atoms with Gasteiger partial charge in [0.05, 0.1) is 6.04 Å². The zero-order valence-corrected chi connectivity index (χ0v) is 14.6. The Bertz CT molecular complexity index is 772. The van der Waals surface area contributed by atoms with E-state index >= 15 is 0 Å². The van der Waals surface area contributed by atoms with Crippen LogP contribution in [-0.2, 0) is 36.5 Å². The molecule has 12 heteroatoms. The normalized spacial score (nSPS) is 18.0. The molecular weight excluding hydrogens is 389 g/mol. The predicted molar refractivity (Wildman–Crippen MR) is 82.7 cm³/mol. The summed E-state index contributed by atoms with van der Waals surface area (Å²) in [5.41, 5.74) is -1.09. The minimum absolute atomic E-state index is 0.0780. The number of halogens is 3. The van der Waals surface area contributed by atoms with E-state index in [1.54, 1.807) is 0 Å². The van der Waals surface area contributed by atoms with E-state index < -0.39 is 54.2 Å². The van der Waals surface area contributed by atoms with Crippen molar-refractivity contribution in [3.63, 3.8) is 0 Å². The zero-order chi connectivity index (χ0) is 21.3. The second-order valence-electron chi connectivity index (χ2n) is 6.29. The zero-order valence-electron chi connectivity index (χ0n) is 14.6. The number of carbonyl (C=O) groups is 4. The molecule has 152 valence electrons. The fourth-order valence-corrected chi connectivity index (χ4v) is 2.55. The Morgan fingerprint density at radius 3 is 2.29 bits per heavy atom. The van der Waals surface area contributed by atoms with E-state index in [4.69, 9.17) is 9.47 Å². The molecular formula is C16H15F3N2O7. The Morgan fingerprint density at radius 2 is 1.89 bits per heavy atom. The molecule has 2 heterocycles. The van der Waals surface area contributed by atoms with Gasteiger partial charge < -0.3 is 19.4 Å². The van der Waals surface area contributed by atoms with Gasteiger partial charge in [0.25, 0.3) is 5.79 Å². The first-order valence-corrected chi connectivity index (χ1v) is 7.80. The summed E-state index contributed by atoms with van der Waals surface area (Å²) in [5.74, 6) is -4.08. The van der Waals surface area contributed by atoms with Gasteiger partial charge in [0.15, 0.2) is 0 Å². The van der Waals surface area contributed by atoms with Crippen molar-refractivity contribution >= 4 is 24.3 Å². The monoisotopic (exact) mass is 404 g/mol. The lowest BCUT2D eigenvalue weighted by atomic mass is 10.0. The number of ether oxygens (including phenoxy) is 2. The maximum atomic E-state index is 12.6. The average molecular weight is 404 g/mol. The minimum atomic E-state index is -4.67. The van der Waals surface area contributed by atoms with Crippen molar-refractivity contribution in [1.82, 2.24) is 9.88 Å². The molecule has 1 saturated heterocycles. The Hall–Kier alpha value is -3.18. The van der Waals surface area contributed by atoms with Gasteiger partial charge in [-0.3, -0.25) is 9.88 Å². The molecule has 1 aliphatic rings. The number of carboxylic acid groups (broad SMARTS) is 1. The molecule has 28 heavy (non-hydrogen) atoms. The van der Waals surface area contributed by atoms with Gasteiger partial charge in [0.1, 0.15) is 12.0 Å². The topological polar surface area (TPSA) is 123 Å². The van der Waals surface area contributed by atoms with Crippen LogP contribution >= 0.6 is 0 Å². The van der Waals surface area contributed by atoms with Crippen molar-refractivity contribution in [3.8, 4) is 0 Å². The first kappa shape index (κ1) is 21.1. The van der Waals surface area contributed by atoms with Gasteiger partial charge in [-0.25, -0.2) is 14.4 Å². The molecule has 1 fully saturated rings. The third-order valence-electron chi connectivity index (χ3n) is 3.71. The van der Waals surface area contributed by atoms with Gasteiger partial charge in [-0.05, 0) is 11.6 Å². The molecule has 1 unspecified atom stereocenters. The number of aldehydes is 1. The summed E-state index contributed by atoms with van der Waals surface area (Å²) in [5, 5.41) is 9.41. The van der Waals surface area contributed by atoms with Crippen LogP contribution in [0.3, 0.4) is 0 Å². The molecule has 0 bridgehead atoms. The molecule has 0 aromatic carbocycles. The summed E-state index contributed by atoms with van der Waals surface area (Å²) in [6.07, 6.45) is -5.93. The van der Waals surface area contributed by atoms with Crippen LogP contribution in [-0.4, -0.2) is 57.2 Å². The minimum Gasteiger partial charge on any atom is -0.465 e. The fourth-order valence-electron chi connectivity index (χ4n) is 2.55. The number of cyclic esters (lactones) is 2. The molecule has 1 atom stereocenters. The van der Waals surface area contributed by atoms with E-state index in [1.807, 2.05) is 0 Å². The molecule has 0 saturated carbocycles. The van der Waals surface area contributed by atoms with E-state index in [-0.39, 0.29) is 16.7 Å². The van der Waals surface area contributed by atoms with Crippen LogP contribution in [0.5, 0.6) is 0 Å². The molecule has 0 spiro atoms. The smallest absolute Gasteiger partial charge is 0.433 e. The summed E-state index contributed by atoms with van der Waals surface area (Å²) < 4.78 is 47.4. The van der Waals surface area contributed by atoms with E-state index in [0.717, 1.165) is 12.3 Å². The number of aromatic nitrogens is 1. The van der Waals surface area contributed by atoms with Gasteiger partial charge in [-0.2, -0.15) is 13.2 Å². The molecule has 0 aliphatic carbocycles.